The maximum absolute atomic E-state index is 12.0. The average molecular weight is 260 g/mol. The van der Waals surface area contributed by atoms with Crippen molar-refractivity contribution >= 4 is 11.8 Å². The molecule has 0 bridgehead atoms. The van der Waals surface area contributed by atoms with Gasteiger partial charge in [0, 0.05) is 20.6 Å². The molecule has 106 valence electrons. The summed E-state index contributed by atoms with van der Waals surface area (Å²) in [5.41, 5.74) is 0. The van der Waals surface area contributed by atoms with Gasteiger partial charge in [-0.2, -0.15) is 0 Å². The molecule has 0 aliphatic rings. The number of carbonyl (C=O) groups is 2. The Morgan fingerprint density at radius 2 is 1.89 bits per heavy atom. The van der Waals surface area contributed by atoms with E-state index in [4.69, 9.17) is 9.84 Å². The summed E-state index contributed by atoms with van der Waals surface area (Å²) in [6, 6.07) is -0.817. The topological polar surface area (TPSA) is 87.7 Å². The summed E-state index contributed by atoms with van der Waals surface area (Å²) in [6.07, 6.45) is 0.421. The summed E-state index contributed by atoms with van der Waals surface area (Å²) in [6.45, 7) is 5.40. The van der Waals surface area contributed by atoms with Crippen LogP contribution in [0.1, 0.15) is 27.2 Å². The summed E-state index contributed by atoms with van der Waals surface area (Å²) < 4.78 is 4.97. The van der Waals surface area contributed by atoms with E-state index in [9.17, 15) is 9.59 Å². The predicted molar refractivity (Wildman–Crippen MR) is 68.0 cm³/mol. The lowest BCUT2D eigenvalue weighted by Gasteiger charge is -2.24. The minimum absolute atomic E-state index is 0.00813. The molecule has 0 aliphatic heterocycles. The Morgan fingerprint density at radius 3 is 2.28 bits per heavy atom. The van der Waals surface area contributed by atoms with Crippen molar-refractivity contribution in [2.24, 2.45) is 5.92 Å². The number of aliphatic hydroxyl groups is 1. The number of nitrogens with one attached hydrogen (secondary N) is 2. The minimum atomic E-state index is -0.569. The molecule has 18 heavy (non-hydrogen) atoms. The summed E-state index contributed by atoms with van der Waals surface area (Å²) in [7, 11) is 1.53. The molecule has 3 N–H and O–H groups in total. The van der Waals surface area contributed by atoms with Crippen LogP contribution in [0.2, 0.25) is 0 Å². The highest BCUT2D eigenvalue weighted by atomic mass is 16.5. The molecule has 0 radical (unpaired) electrons. The molecule has 6 heteroatoms. The molecule has 0 aromatic carbocycles. The van der Waals surface area contributed by atoms with Gasteiger partial charge in [0.15, 0.2) is 0 Å². The van der Waals surface area contributed by atoms with Crippen LogP contribution in [0.5, 0.6) is 0 Å². The summed E-state index contributed by atoms with van der Waals surface area (Å²) in [4.78, 5) is 23.1. The molecular formula is C12H24N2O4. The van der Waals surface area contributed by atoms with Gasteiger partial charge in [-0.05, 0) is 12.3 Å². The SMILES string of the molecule is COCC(CCO)NC(=O)C(NC(C)=O)C(C)C. The number of hydrogen-bond donors (Lipinski definition) is 3. The van der Waals surface area contributed by atoms with Gasteiger partial charge in [0.1, 0.15) is 6.04 Å². The largest absolute Gasteiger partial charge is 0.396 e. The fourth-order valence-electron chi connectivity index (χ4n) is 1.60. The highest BCUT2D eigenvalue weighted by molar-refractivity contribution is 5.87. The molecule has 2 atom stereocenters. The van der Waals surface area contributed by atoms with Crippen LogP contribution in [0.3, 0.4) is 0 Å². The van der Waals surface area contributed by atoms with Crippen molar-refractivity contribution in [2.75, 3.05) is 20.3 Å². The number of aliphatic hydroxyl groups excluding tert-OH is 1. The van der Waals surface area contributed by atoms with Gasteiger partial charge < -0.3 is 20.5 Å². The Bertz CT molecular complexity index is 263. The number of methoxy groups -OCH3 is 1. The van der Waals surface area contributed by atoms with Crippen LogP contribution in [-0.4, -0.2) is 49.3 Å². The van der Waals surface area contributed by atoms with Gasteiger partial charge in [-0.25, -0.2) is 0 Å². The molecule has 0 fully saturated rings. The first-order chi connectivity index (χ1) is 8.42. The molecule has 0 aliphatic carbocycles. The monoisotopic (exact) mass is 260 g/mol. The summed E-state index contributed by atoms with van der Waals surface area (Å²) in [5.74, 6) is -0.503. The smallest absolute Gasteiger partial charge is 0.243 e. The molecule has 0 saturated carbocycles. The van der Waals surface area contributed by atoms with Crippen LogP contribution in [0, 0.1) is 5.92 Å². The van der Waals surface area contributed by atoms with Crippen molar-refractivity contribution in [3.05, 3.63) is 0 Å². The first-order valence-electron chi connectivity index (χ1n) is 6.09. The molecule has 2 unspecified atom stereocenters. The van der Waals surface area contributed by atoms with Crippen molar-refractivity contribution in [1.29, 1.82) is 0 Å². The second-order valence-corrected chi connectivity index (χ2v) is 4.60. The van der Waals surface area contributed by atoms with Gasteiger partial charge in [-0.1, -0.05) is 13.8 Å². The molecule has 0 saturated heterocycles. The van der Waals surface area contributed by atoms with Crippen molar-refractivity contribution in [3.8, 4) is 0 Å². The Morgan fingerprint density at radius 1 is 1.28 bits per heavy atom. The standard InChI is InChI=1S/C12H24N2O4/c1-8(2)11(13-9(3)16)12(17)14-10(5-6-15)7-18-4/h8,10-11,15H,5-7H2,1-4H3,(H,13,16)(H,14,17). The van der Waals surface area contributed by atoms with Gasteiger partial charge in [0.2, 0.25) is 11.8 Å². The van der Waals surface area contributed by atoms with Gasteiger partial charge in [-0.15, -0.1) is 0 Å². The van der Waals surface area contributed by atoms with Crippen molar-refractivity contribution in [2.45, 2.75) is 39.3 Å². The van der Waals surface area contributed by atoms with E-state index in [-0.39, 0.29) is 30.4 Å². The van der Waals surface area contributed by atoms with Crippen LogP contribution in [0.25, 0.3) is 0 Å². The number of hydrogen-bond acceptors (Lipinski definition) is 4. The zero-order valence-electron chi connectivity index (χ0n) is 11.5. The van der Waals surface area contributed by atoms with Crippen molar-refractivity contribution in [1.82, 2.24) is 10.6 Å². The van der Waals surface area contributed by atoms with E-state index < -0.39 is 6.04 Å². The highest BCUT2D eigenvalue weighted by Gasteiger charge is 2.24. The van der Waals surface area contributed by atoms with Gasteiger partial charge in [0.25, 0.3) is 0 Å². The predicted octanol–water partition coefficient (Wildman–Crippen LogP) is -0.339. The molecule has 6 nitrogen and oxygen atoms in total. The van der Waals surface area contributed by atoms with Crippen LogP contribution < -0.4 is 10.6 Å². The normalized spacial score (nSPS) is 14.1. The van der Waals surface area contributed by atoms with Crippen LogP contribution >= 0.6 is 0 Å². The zero-order valence-corrected chi connectivity index (χ0v) is 11.5. The van der Waals surface area contributed by atoms with E-state index in [1.807, 2.05) is 13.8 Å². The highest BCUT2D eigenvalue weighted by Crippen LogP contribution is 2.03. The van der Waals surface area contributed by atoms with E-state index in [1.165, 1.54) is 14.0 Å². The first kappa shape index (κ1) is 16.9. The summed E-state index contributed by atoms with van der Waals surface area (Å²) in [5, 5.41) is 14.3. The Kier molecular flexibility index (Phi) is 8.32. The Balaban J connectivity index is 4.50. The number of amides is 2. The van der Waals surface area contributed by atoms with Crippen LogP contribution in [-0.2, 0) is 14.3 Å². The first-order valence-corrected chi connectivity index (χ1v) is 6.09. The molecule has 0 aromatic rings. The fraction of sp³-hybridized carbons (Fsp3) is 0.833. The third kappa shape index (κ3) is 6.56. The third-order valence-corrected chi connectivity index (χ3v) is 2.50. The van der Waals surface area contributed by atoms with Gasteiger partial charge in [-0.3, -0.25) is 9.59 Å². The molecule has 0 heterocycles. The molecule has 0 aromatic heterocycles. The minimum Gasteiger partial charge on any atom is -0.396 e. The van der Waals surface area contributed by atoms with Gasteiger partial charge >= 0.3 is 0 Å². The second kappa shape index (κ2) is 8.88. The van der Waals surface area contributed by atoms with E-state index >= 15 is 0 Å². The van der Waals surface area contributed by atoms with Crippen molar-refractivity contribution in [3.63, 3.8) is 0 Å². The van der Waals surface area contributed by atoms with Crippen LogP contribution in [0.15, 0.2) is 0 Å². The van der Waals surface area contributed by atoms with E-state index in [1.54, 1.807) is 0 Å². The number of ether oxygens (including phenoxy) is 1. The molecule has 0 rings (SSSR count). The average Bonchev–Trinajstić information content (AvgIpc) is 2.25. The molecule has 0 spiro atoms. The Labute approximate surface area is 108 Å². The third-order valence-electron chi connectivity index (χ3n) is 2.50. The van der Waals surface area contributed by atoms with Gasteiger partial charge in [0.05, 0.1) is 12.6 Å². The lowest BCUT2D eigenvalue weighted by Crippen LogP contribution is -2.52. The second-order valence-electron chi connectivity index (χ2n) is 4.60. The summed E-state index contributed by atoms with van der Waals surface area (Å²) >= 11 is 0. The maximum Gasteiger partial charge on any atom is 0.243 e. The lowest BCUT2D eigenvalue weighted by molar-refractivity contribution is -0.130. The maximum atomic E-state index is 12.0. The molecule has 2 amide bonds. The molecular weight excluding hydrogens is 236 g/mol. The van der Waals surface area contributed by atoms with E-state index in [2.05, 4.69) is 10.6 Å². The number of rotatable bonds is 8. The lowest BCUT2D eigenvalue weighted by atomic mass is 10.0. The Hall–Kier alpha value is -1.14. The quantitative estimate of drug-likeness (QED) is 0.557. The van der Waals surface area contributed by atoms with Crippen molar-refractivity contribution < 1.29 is 19.4 Å². The zero-order chi connectivity index (χ0) is 14.1. The van der Waals surface area contributed by atoms with E-state index in [0.717, 1.165) is 0 Å². The number of carbonyl (C=O) groups excluding carboxylic acids is 2. The fourth-order valence-corrected chi connectivity index (χ4v) is 1.60. The van der Waals surface area contributed by atoms with Crippen LogP contribution in [0.4, 0.5) is 0 Å². The van der Waals surface area contributed by atoms with E-state index in [0.29, 0.717) is 13.0 Å².